The van der Waals surface area contributed by atoms with Crippen LogP contribution in [0.15, 0.2) is 42.2 Å². The number of hydrogen-bond acceptors (Lipinski definition) is 4. The maximum absolute atomic E-state index is 10.8. The lowest BCUT2D eigenvalue weighted by atomic mass is 9.68. The molecule has 0 fully saturated rings. The molecule has 5 nitrogen and oxygen atoms in total. The SMILES string of the molecule is COc1ccc(C2=CC=C(OCCN(C)CC(=O)O)C(C)(CC(C)(C)C)C2)cc1. The molecule has 1 atom stereocenters. The van der Waals surface area contributed by atoms with Crippen LogP contribution in [0.3, 0.4) is 0 Å². The second-order valence-corrected chi connectivity index (χ2v) is 9.41. The van der Waals surface area contributed by atoms with Crippen molar-refractivity contribution in [3.8, 4) is 5.75 Å². The second-order valence-electron chi connectivity index (χ2n) is 9.41. The zero-order chi connectivity index (χ0) is 21.7. The average Bonchev–Trinajstić information content (AvgIpc) is 2.61. The first kappa shape index (κ1) is 23.0. The van der Waals surface area contributed by atoms with Gasteiger partial charge in [0, 0.05) is 12.0 Å². The zero-order valence-electron chi connectivity index (χ0n) is 18.6. The van der Waals surface area contributed by atoms with Gasteiger partial charge in [-0.3, -0.25) is 9.69 Å². The third-order valence-corrected chi connectivity index (χ3v) is 5.13. The van der Waals surface area contributed by atoms with E-state index in [1.54, 1.807) is 19.1 Å². The van der Waals surface area contributed by atoms with Gasteiger partial charge in [-0.25, -0.2) is 0 Å². The monoisotopic (exact) mass is 401 g/mol. The predicted octanol–water partition coefficient (Wildman–Crippen LogP) is 4.84. The van der Waals surface area contributed by atoms with Gasteiger partial charge in [-0.2, -0.15) is 0 Å². The summed E-state index contributed by atoms with van der Waals surface area (Å²) in [5.41, 5.74) is 2.52. The molecule has 5 heteroatoms. The van der Waals surface area contributed by atoms with Crippen LogP contribution in [0.1, 0.15) is 46.1 Å². The van der Waals surface area contributed by atoms with Gasteiger partial charge in [0.05, 0.1) is 13.7 Å². The van der Waals surface area contributed by atoms with Crippen LogP contribution >= 0.6 is 0 Å². The molecule has 160 valence electrons. The summed E-state index contributed by atoms with van der Waals surface area (Å²) in [5, 5.41) is 8.90. The number of benzene rings is 1. The van der Waals surface area contributed by atoms with Gasteiger partial charge in [-0.1, -0.05) is 45.9 Å². The second kappa shape index (κ2) is 9.49. The van der Waals surface area contributed by atoms with Crippen LogP contribution < -0.4 is 4.74 Å². The Balaban J connectivity index is 2.18. The van der Waals surface area contributed by atoms with Crippen LogP contribution in [0.2, 0.25) is 0 Å². The first-order chi connectivity index (χ1) is 13.5. The maximum Gasteiger partial charge on any atom is 0.317 e. The summed E-state index contributed by atoms with van der Waals surface area (Å²) in [6.45, 7) is 10.1. The van der Waals surface area contributed by atoms with Crippen molar-refractivity contribution in [1.29, 1.82) is 0 Å². The van der Waals surface area contributed by atoms with Crippen LogP contribution in [0.4, 0.5) is 0 Å². The zero-order valence-corrected chi connectivity index (χ0v) is 18.6. The number of carboxylic acids is 1. The van der Waals surface area contributed by atoms with Crippen molar-refractivity contribution in [1.82, 2.24) is 4.90 Å². The van der Waals surface area contributed by atoms with E-state index >= 15 is 0 Å². The summed E-state index contributed by atoms with van der Waals surface area (Å²) >= 11 is 0. The Kier molecular flexibility index (Phi) is 7.53. The van der Waals surface area contributed by atoms with Crippen molar-refractivity contribution in [2.45, 2.75) is 40.5 Å². The Bertz CT molecular complexity index is 758. The van der Waals surface area contributed by atoms with E-state index in [0.29, 0.717) is 13.2 Å². The van der Waals surface area contributed by atoms with Gasteiger partial charge >= 0.3 is 5.97 Å². The van der Waals surface area contributed by atoms with Gasteiger partial charge in [0.2, 0.25) is 0 Å². The molecule has 0 bridgehead atoms. The molecule has 0 radical (unpaired) electrons. The number of carbonyl (C=O) groups is 1. The van der Waals surface area contributed by atoms with Crippen molar-refractivity contribution in [2.75, 3.05) is 33.9 Å². The standard InChI is InChI=1S/C24H35NO4/c1-23(2,3)17-24(4)15-19(18-7-10-20(28-6)11-8-18)9-12-21(24)29-14-13-25(5)16-22(26)27/h7-12H,13-17H2,1-6H3,(H,26,27). The molecule has 1 aromatic rings. The number of carboxylic acid groups (broad SMARTS) is 1. The highest BCUT2D eigenvalue weighted by Crippen LogP contribution is 2.48. The summed E-state index contributed by atoms with van der Waals surface area (Å²) in [6, 6.07) is 8.18. The molecule has 0 saturated carbocycles. The smallest absolute Gasteiger partial charge is 0.317 e. The van der Waals surface area contributed by atoms with Crippen molar-refractivity contribution >= 4 is 11.5 Å². The Labute approximate surface area is 175 Å². The van der Waals surface area contributed by atoms with E-state index in [1.807, 2.05) is 12.1 Å². The first-order valence-electron chi connectivity index (χ1n) is 10.1. The summed E-state index contributed by atoms with van der Waals surface area (Å²) in [4.78, 5) is 12.6. The molecule has 1 aliphatic rings. The number of hydrogen-bond donors (Lipinski definition) is 1. The first-order valence-corrected chi connectivity index (χ1v) is 10.1. The van der Waals surface area contributed by atoms with E-state index in [1.165, 1.54) is 11.1 Å². The molecule has 2 rings (SSSR count). The molecule has 29 heavy (non-hydrogen) atoms. The van der Waals surface area contributed by atoms with E-state index in [4.69, 9.17) is 14.6 Å². The molecular formula is C24H35NO4. The topological polar surface area (TPSA) is 59.0 Å². The third-order valence-electron chi connectivity index (χ3n) is 5.13. The lowest BCUT2D eigenvalue weighted by Crippen LogP contribution is -2.32. The Morgan fingerprint density at radius 3 is 2.41 bits per heavy atom. The fourth-order valence-corrected chi connectivity index (χ4v) is 4.11. The van der Waals surface area contributed by atoms with E-state index in [2.05, 4.69) is 52.0 Å². The molecule has 0 aliphatic heterocycles. The van der Waals surface area contributed by atoms with Crippen molar-refractivity contribution < 1.29 is 19.4 Å². The normalized spacial score (nSPS) is 19.6. The maximum atomic E-state index is 10.8. The number of methoxy groups -OCH3 is 1. The molecule has 1 N–H and O–H groups in total. The van der Waals surface area contributed by atoms with Crippen LogP contribution in [-0.4, -0.2) is 49.8 Å². The van der Waals surface area contributed by atoms with E-state index in [-0.39, 0.29) is 17.4 Å². The van der Waals surface area contributed by atoms with Gasteiger partial charge in [0.1, 0.15) is 18.1 Å². The lowest BCUT2D eigenvalue weighted by Gasteiger charge is -2.40. The summed E-state index contributed by atoms with van der Waals surface area (Å²) < 4.78 is 11.5. The molecule has 0 heterocycles. The quantitative estimate of drug-likeness (QED) is 0.641. The number of aliphatic carboxylic acids is 1. The van der Waals surface area contributed by atoms with Crippen LogP contribution in [0.25, 0.3) is 5.57 Å². The Morgan fingerprint density at radius 2 is 1.86 bits per heavy atom. The van der Waals surface area contributed by atoms with Gasteiger partial charge in [0.25, 0.3) is 0 Å². The molecular weight excluding hydrogens is 366 g/mol. The largest absolute Gasteiger partial charge is 0.497 e. The van der Waals surface area contributed by atoms with Crippen LogP contribution in [0.5, 0.6) is 5.75 Å². The highest BCUT2D eigenvalue weighted by Gasteiger charge is 2.37. The van der Waals surface area contributed by atoms with Gasteiger partial charge in [0.15, 0.2) is 0 Å². The summed E-state index contributed by atoms with van der Waals surface area (Å²) in [5.74, 6) is 1.01. The van der Waals surface area contributed by atoms with E-state index in [0.717, 1.165) is 24.4 Å². The number of likely N-dealkylation sites (N-methyl/N-ethyl adjacent to an activating group) is 1. The Morgan fingerprint density at radius 1 is 1.21 bits per heavy atom. The molecule has 0 spiro atoms. The number of ether oxygens (including phenoxy) is 2. The average molecular weight is 402 g/mol. The minimum atomic E-state index is -0.825. The third kappa shape index (κ3) is 6.93. The molecule has 0 saturated heterocycles. The van der Waals surface area contributed by atoms with Crippen molar-refractivity contribution in [2.24, 2.45) is 10.8 Å². The lowest BCUT2D eigenvalue weighted by molar-refractivity contribution is -0.138. The van der Waals surface area contributed by atoms with Gasteiger partial charge in [-0.05, 0) is 54.6 Å². The molecule has 1 unspecified atom stereocenters. The fourth-order valence-electron chi connectivity index (χ4n) is 4.11. The predicted molar refractivity (Wildman–Crippen MR) is 117 cm³/mol. The van der Waals surface area contributed by atoms with Gasteiger partial charge in [-0.15, -0.1) is 0 Å². The molecule has 0 amide bonds. The molecule has 0 aromatic heterocycles. The van der Waals surface area contributed by atoms with E-state index in [9.17, 15) is 4.79 Å². The fraction of sp³-hybridized carbons (Fsp3) is 0.542. The van der Waals surface area contributed by atoms with Crippen LogP contribution in [-0.2, 0) is 9.53 Å². The van der Waals surface area contributed by atoms with Gasteiger partial charge < -0.3 is 14.6 Å². The van der Waals surface area contributed by atoms with E-state index < -0.39 is 5.97 Å². The Hall–Kier alpha value is -2.27. The summed E-state index contributed by atoms with van der Waals surface area (Å²) in [6.07, 6.45) is 6.12. The minimum absolute atomic E-state index is 0.0171. The number of nitrogens with zero attached hydrogens (tertiary/aromatic N) is 1. The minimum Gasteiger partial charge on any atom is -0.497 e. The molecule has 1 aliphatic carbocycles. The number of allylic oxidation sites excluding steroid dienone is 4. The summed E-state index contributed by atoms with van der Waals surface area (Å²) in [7, 11) is 3.47. The number of rotatable bonds is 9. The highest BCUT2D eigenvalue weighted by atomic mass is 16.5. The highest BCUT2D eigenvalue weighted by molar-refractivity contribution is 5.70. The molecule has 1 aromatic carbocycles. The van der Waals surface area contributed by atoms with Crippen molar-refractivity contribution in [3.63, 3.8) is 0 Å². The van der Waals surface area contributed by atoms with Crippen molar-refractivity contribution in [3.05, 3.63) is 47.7 Å². The van der Waals surface area contributed by atoms with Crippen LogP contribution in [0, 0.1) is 10.8 Å².